The first kappa shape index (κ1) is 16.5. The van der Waals surface area contributed by atoms with Crippen LogP contribution >= 0.6 is 0 Å². The number of piperidine rings is 1. The van der Waals surface area contributed by atoms with Gasteiger partial charge in [0.15, 0.2) is 0 Å². The average Bonchev–Trinajstić information content (AvgIpc) is 2.36. The van der Waals surface area contributed by atoms with E-state index in [1.54, 1.807) is 0 Å². The number of nitriles is 1. The van der Waals surface area contributed by atoms with Gasteiger partial charge in [0.25, 0.3) is 0 Å². The van der Waals surface area contributed by atoms with Gasteiger partial charge in [-0.1, -0.05) is 27.7 Å². The van der Waals surface area contributed by atoms with Gasteiger partial charge in [-0.2, -0.15) is 5.26 Å². The highest BCUT2D eigenvalue weighted by molar-refractivity contribution is 5.06. The molecule has 0 aromatic rings. The van der Waals surface area contributed by atoms with Crippen molar-refractivity contribution in [3.63, 3.8) is 0 Å². The van der Waals surface area contributed by atoms with E-state index in [9.17, 15) is 5.26 Å². The van der Waals surface area contributed by atoms with Crippen molar-refractivity contribution in [2.75, 3.05) is 26.2 Å². The van der Waals surface area contributed by atoms with Crippen molar-refractivity contribution in [3.05, 3.63) is 0 Å². The van der Waals surface area contributed by atoms with E-state index in [0.717, 1.165) is 38.5 Å². The Morgan fingerprint density at radius 3 is 2.21 bits per heavy atom. The molecular weight excluding hydrogens is 234 g/mol. The topological polar surface area (TPSA) is 39.1 Å². The van der Waals surface area contributed by atoms with Gasteiger partial charge in [0, 0.05) is 6.54 Å². The molecule has 1 aliphatic heterocycles. The first-order chi connectivity index (χ1) is 8.80. The summed E-state index contributed by atoms with van der Waals surface area (Å²) < 4.78 is 0. The number of nitrogens with zero attached hydrogens (tertiary/aromatic N) is 2. The zero-order chi connectivity index (χ0) is 14.5. The van der Waals surface area contributed by atoms with E-state index in [-0.39, 0.29) is 0 Å². The van der Waals surface area contributed by atoms with Crippen molar-refractivity contribution >= 4 is 0 Å². The lowest BCUT2D eigenvalue weighted by molar-refractivity contribution is 0.0992. The number of hydrogen-bond donors (Lipinski definition) is 1. The standard InChI is InChI=1S/C16H31N3/c1-6-9-18-16(5,12-17)13-19-10-7-14(8-11-19)15(2,3)4/h14,18H,6-11,13H2,1-5H3. The molecule has 1 saturated heterocycles. The first-order valence-electron chi connectivity index (χ1n) is 7.69. The average molecular weight is 265 g/mol. The fourth-order valence-corrected chi connectivity index (χ4v) is 2.94. The Kier molecular flexibility index (Phi) is 5.82. The molecule has 0 saturated carbocycles. The Labute approximate surface area is 119 Å². The second kappa shape index (κ2) is 6.72. The summed E-state index contributed by atoms with van der Waals surface area (Å²) in [6.45, 7) is 15.2. The second-order valence-electron chi connectivity index (χ2n) is 7.29. The SMILES string of the molecule is CCCNC(C)(C#N)CN1CCC(C(C)(C)C)CC1. The van der Waals surface area contributed by atoms with Crippen LogP contribution in [0.5, 0.6) is 0 Å². The summed E-state index contributed by atoms with van der Waals surface area (Å²) in [4.78, 5) is 2.45. The third-order valence-corrected chi connectivity index (χ3v) is 4.36. The van der Waals surface area contributed by atoms with Gasteiger partial charge in [-0.15, -0.1) is 0 Å². The van der Waals surface area contributed by atoms with Crippen LogP contribution in [0.4, 0.5) is 0 Å². The van der Waals surface area contributed by atoms with Crippen LogP contribution in [0.1, 0.15) is 53.9 Å². The molecule has 0 bridgehead atoms. The third-order valence-electron chi connectivity index (χ3n) is 4.36. The van der Waals surface area contributed by atoms with Crippen LogP contribution in [0.3, 0.4) is 0 Å². The number of nitrogens with one attached hydrogen (secondary N) is 1. The molecule has 0 spiro atoms. The normalized spacial score (nSPS) is 21.9. The lowest BCUT2D eigenvalue weighted by Crippen LogP contribution is -2.52. The first-order valence-corrected chi connectivity index (χ1v) is 7.69. The molecule has 110 valence electrons. The molecule has 1 rings (SSSR count). The van der Waals surface area contributed by atoms with Crippen LogP contribution in [-0.4, -0.2) is 36.6 Å². The number of hydrogen-bond acceptors (Lipinski definition) is 3. The highest BCUT2D eigenvalue weighted by Gasteiger charge is 2.32. The van der Waals surface area contributed by atoms with E-state index < -0.39 is 5.54 Å². The molecule has 1 fully saturated rings. The van der Waals surface area contributed by atoms with E-state index in [0.29, 0.717) is 5.41 Å². The minimum absolute atomic E-state index is 0.398. The van der Waals surface area contributed by atoms with Crippen molar-refractivity contribution in [3.8, 4) is 6.07 Å². The van der Waals surface area contributed by atoms with Gasteiger partial charge in [0.1, 0.15) is 5.54 Å². The molecule has 0 aromatic heterocycles. The quantitative estimate of drug-likeness (QED) is 0.830. The van der Waals surface area contributed by atoms with Gasteiger partial charge < -0.3 is 4.90 Å². The monoisotopic (exact) mass is 265 g/mol. The summed E-state index contributed by atoms with van der Waals surface area (Å²) in [6.07, 6.45) is 3.60. The zero-order valence-electron chi connectivity index (χ0n) is 13.4. The molecule has 3 nitrogen and oxygen atoms in total. The summed E-state index contributed by atoms with van der Waals surface area (Å²) in [6, 6.07) is 2.45. The maximum Gasteiger partial charge on any atom is 0.116 e. The molecule has 0 aromatic carbocycles. The largest absolute Gasteiger partial charge is 0.300 e. The van der Waals surface area contributed by atoms with E-state index in [4.69, 9.17) is 0 Å². The maximum absolute atomic E-state index is 9.38. The Balaban J connectivity index is 2.46. The molecule has 3 heteroatoms. The summed E-state index contributed by atoms with van der Waals surface area (Å²) >= 11 is 0. The lowest BCUT2D eigenvalue weighted by atomic mass is 9.75. The summed E-state index contributed by atoms with van der Waals surface area (Å²) in [5.41, 5.74) is 0.0235. The molecular formula is C16H31N3. The van der Waals surface area contributed by atoms with Crippen molar-refractivity contribution in [1.82, 2.24) is 10.2 Å². The second-order valence-corrected chi connectivity index (χ2v) is 7.29. The van der Waals surface area contributed by atoms with Crippen LogP contribution < -0.4 is 5.32 Å². The van der Waals surface area contributed by atoms with Crippen LogP contribution in [0, 0.1) is 22.7 Å². The van der Waals surface area contributed by atoms with E-state index in [2.05, 4.69) is 44.0 Å². The predicted octanol–water partition coefficient (Wildman–Crippen LogP) is 3.03. The zero-order valence-corrected chi connectivity index (χ0v) is 13.4. The fourth-order valence-electron chi connectivity index (χ4n) is 2.94. The number of rotatable bonds is 5. The Hall–Kier alpha value is -0.590. The minimum Gasteiger partial charge on any atom is -0.300 e. The van der Waals surface area contributed by atoms with Crippen molar-refractivity contribution < 1.29 is 0 Å². The molecule has 0 aliphatic carbocycles. The molecule has 1 N–H and O–H groups in total. The smallest absolute Gasteiger partial charge is 0.116 e. The fraction of sp³-hybridized carbons (Fsp3) is 0.938. The predicted molar refractivity (Wildman–Crippen MR) is 80.9 cm³/mol. The van der Waals surface area contributed by atoms with Crippen molar-refractivity contribution in [2.24, 2.45) is 11.3 Å². The van der Waals surface area contributed by atoms with Crippen LogP contribution in [-0.2, 0) is 0 Å². The van der Waals surface area contributed by atoms with Gasteiger partial charge in [-0.05, 0) is 57.2 Å². The molecule has 0 amide bonds. The van der Waals surface area contributed by atoms with Crippen LogP contribution in [0.25, 0.3) is 0 Å². The van der Waals surface area contributed by atoms with Gasteiger partial charge in [0.05, 0.1) is 6.07 Å². The van der Waals surface area contributed by atoms with Crippen LogP contribution in [0.2, 0.25) is 0 Å². The third kappa shape index (κ3) is 5.12. The molecule has 19 heavy (non-hydrogen) atoms. The maximum atomic E-state index is 9.38. The lowest BCUT2D eigenvalue weighted by Gasteiger charge is -2.40. The van der Waals surface area contributed by atoms with Gasteiger partial charge >= 0.3 is 0 Å². The summed E-state index contributed by atoms with van der Waals surface area (Å²) in [5, 5.41) is 12.8. The van der Waals surface area contributed by atoms with E-state index in [1.165, 1.54) is 12.8 Å². The summed E-state index contributed by atoms with van der Waals surface area (Å²) in [7, 11) is 0. The Morgan fingerprint density at radius 2 is 1.79 bits per heavy atom. The van der Waals surface area contributed by atoms with E-state index in [1.807, 2.05) is 6.92 Å². The number of likely N-dealkylation sites (tertiary alicyclic amines) is 1. The van der Waals surface area contributed by atoms with Crippen LogP contribution in [0.15, 0.2) is 0 Å². The molecule has 1 unspecified atom stereocenters. The van der Waals surface area contributed by atoms with Gasteiger partial charge in [-0.25, -0.2) is 0 Å². The van der Waals surface area contributed by atoms with Crippen molar-refractivity contribution in [2.45, 2.75) is 59.4 Å². The highest BCUT2D eigenvalue weighted by atomic mass is 15.2. The molecule has 1 atom stereocenters. The Bertz CT molecular complexity index is 305. The summed E-state index contributed by atoms with van der Waals surface area (Å²) in [5.74, 6) is 0.820. The van der Waals surface area contributed by atoms with Gasteiger partial charge in [-0.3, -0.25) is 5.32 Å². The molecule has 1 heterocycles. The molecule has 0 radical (unpaired) electrons. The highest BCUT2D eigenvalue weighted by Crippen LogP contribution is 2.34. The van der Waals surface area contributed by atoms with Crippen molar-refractivity contribution in [1.29, 1.82) is 5.26 Å². The minimum atomic E-state index is -0.398. The molecule has 1 aliphatic rings. The Morgan fingerprint density at radius 1 is 1.21 bits per heavy atom. The van der Waals surface area contributed by atoms with Gasteiger partial charge in [0.2, 0.25) is 0 Å². The van der Waals surface area contributed by atoms with E-state index >= 15 is 0 Å².